The summed E-state index contributed by atoms with van der Waals surface area (Å²) in [5.41, 5.74) is 0.970. The maximum absolute atomic E-state index is 12.3. The van der Waals surface area contributed by atoms with Gasteiger partial charge in [-0.2, -0.15) is 0 Å². The summed E-state index contributed by atoms with van der Waals surface area (Å²) in [5, 5.41) is 3.26. The zero-order valence-corrected chi connectivity index (χ0v) is 11.2. The number of ketones is 1. The molecule has 1 aromatic carbocycles. The normalized spacial score (nSPS) is 25.4. The number of Topliss-reactive ketones (excluding diaryl/α,β-unsaturated/α-hetero) is 1. The molecule has 2 bridgehead atoms. The van der Waals surface area contributed by atoms with Gasteiger partial charge in [-0.1, -0.05) is 30.3 Å². The number of nitrogens with zero attached hydrogens (tertiary/aromatic N) is 1. The Hall–Kier alpha value is -1.88. The zero-order valence-electron chi connectivity index (χ0n) is 11.2. The molecule has 2 aliphatic heterocycles. The van der Waals surface area contributed by atoms with Gasteiger partial charge in [0, 0.05) is 25.9 Å². The van der Waals surface area contributed by atoms with Gasteiger partial charge >= 0.3 is 6.09 Å². The Labute approximate surface area is 117 Å². The molecule has 0 aliphatic carbocycles. The second-order valence-electron chi connectivity index (χ2n) is 5.36. The molecule has 2 heterocycles. The first-order chi connectivity index (χ1) is 9.74. The van der Waals surface area contributed by atoms with Crippen LogP contribution in [0.15, 0.2) is 30.3 Å². The minimum Gasteiger partial charge on any atom is -0.445 e. The molecule has 2 saturated heterocycles. The quantitative estimate of drug-likeness (QED) is 0.884. The number of piperidine rings is 1. The molecule has 0 radical (unpaired) electrons. The summed E-state index contributed by atoms with van der Waals surface area (Å²) >= 11 is 0. The lowest BCUT2D eigenvalue weighted by molar-refractivity contribution is -0.125. The summed E-state index contributed by atoms with van der Waals surface area (Å²) in [7, 11) is 0. The number of rotatable bonds is 2. The predicted octanol–water partition coefficient (Wildman–Crippen LogP) is 1.33. The largest absolute Gasteiger partial charge is 0.445 e. The van der Waals surface area contributed by atoms with Crippen molar-refractivity contribution in [3.63, 3.8) is 0 Å². The van der Waals surface area contributed by atoms with E-state index in [1.165, 1.54) is 0 Å². The number of carbonyl (C=O) groups is 2. The van der Waals surface area contributed by atoms with Crippen LogP contribution in [0.1, 0.15) is 18.4 Å². The average molecular weight is 274 g/mol. The van der Waals surface area contributed by atoms with Crippen molar-refractivity contribution in [3.8, 4) is 0 Å². The lowest BCUT2D eigenvalue weighted by Crippen LogP contribution is -2.63. The molecule has 2 fully saturated rings. The van der Waals surface area contributed by atoms with Crippen LogP contribution in [-0.4, -0.2) is 41.9 Å². The highest BCUT2D eigenvalue weighted by atomic mass is 16.6. The number of piperazine rings is 1. The maximum atomic E-state index is 12.3. The Kier molecular flexibility index (Phi) is 3.69. The Morgan fingerprint density at radius 3 is 2.50 bits per heavy atom. The number of amides is 1. The molecule has 2 unspecified atom stereocenters. The maximum Gasteiger partial charge on any atom is 0.410 e. The third-order valence-corrected chi connectivity index (χ3v) is 3.89. The fraction of sp³-hybridized carbons (Fsp3) is 0.467. The van der Waals surface area contributed by atoms with E-state index in [1.807, 2.05) is 30.3 Å². The van der Waals surface area contributed by atoms with Gasteiger partial charge in [-0.3, -0.25) is 9.69 Å². The molecule has 0 aromatic heterocycles. The lowest BCUT2D eigenvalue weighted by Gasteiger charge is -2.44. The van der Waals surface area contributed by atoms with Gasteiger partial charge in [0.15, 0.2) is 0 Å². The second-order valence-corrected chi connectivity index (χ2v) is 5.36. The van der Waals surface area contributed by atoms with Crippen LogP contribution in [0.4, 0.5) is 4.79 Å². The van der Waals surface area contributed by atoms with Crippen LogP contribution in [0.25, 0.3) is 0 Å². The van der Waals surface area contributed by atoms with Crippen LogP contribution in [0, 0.1) is 0 Å². The Balaban J connectivity index is 1.63. The molecule has 5 nitrogen and oxygen atoms in total. The molecule has 0 saturated carbocycles. The summed E-state index contributed by atoms with van der Waals surface area (Å²) in [6.07, 6.45) is 0.561. The van der Waals surface area contributed by atoms with Crippen molar-refractivity contribution in [2.24, 2.45) is 0 Å². The molecule has 1 N–H and O–H groups in total. The third-order valence-electron chi connectivity index (χ3n) is 3.89. The smallest absolute Gasteiger partial charge is 0.410 e. The van der Waals surface area contributed by atoms with Crippen LogP contribution in [0.5, 0.6) is 0 Å². The SMILES string of the molecule is O=C1CC2CNCC(C1)N2C(=O)OCc1ccccc1. The zero-order chi connectivity index (χ0) is 13.9. The third kappa shape index (κ3) is 2.67. The standard InChI is InChI=1S/C15H18N2O3/c18-14-6-12-8-16-9-13(7-14)17(12)15(19)20-10-11-4-2-1-3-5-11/h1-5,12-13,16H,6-10H2. The van der Waals surface area contributed by atoms with Gasteiger partial charge in [0.1, 0.15) is 12.4 Å². The minimum absolute atomic E-state index is 0.0572. The molecule has 0 spiro atoms. The Morgan fingerprint density at radius 2 is 1.85 bits per heavy atom. The summed E-state index contributed by atoms with van der Waals surface area (Å²) in [5.74, 6) is 0.244. The van der Waals surface area contributed by atoms with E-state index in [9.17, 15) is 9.59 Å². The van der Waals surface area contributed by atoms with Crippen LogP contribution >= 0.6 is 0 Å². The number of nitrogens with one attached hydrogen (secondary N) is 1. The van der Waals surface area contributed by atoms with Crippen LogP contribution in [0.3, 0.4) is 0 Å². The summed E-state index contributed by atoms with van der Waals surface area (Å²) in [6.45, 7) is 1.61. The fourth-order valence-electron chi connectivity index (χ4n) is 2.95. The Bertz CT molecular complexity index is 487. The summed E-state index contributed by atoms with van der Waals surface area (Å²) < 4.78 is 5.39. The monoisotopic (exact) mass is 274 g/mol. The molecule has 1 amide bonds. The first-order valence-corrected chi connectivity index (χ1v) is 6.95. The van der Waals surface area contributed by atoms with Gasteiger partial charge in [-0.25, -0.2) is 4.79 Å². The van der Waals surface area contributed by atoms with Crippen LogP contribution in [0.2, 0.25) is 0 Å². The topological polar surface area (TPSA) is 58.6 Å². The van der Waals surface area contributed by atoms with E-state index in [0.29, 0.717) is 25.9 Å². The van der Waals surface area contributed by atoms with Gasteiger partial charge < -0.3 is 10.1 Å². The summed E-state index contributed by atoms with van der Waals surface area (Å²) in [6, 6.07) is 9.50. The Morgan fingerprint density at radius 1 is 1.20 bits per heavy atom. The average Bonchev–Trinajstić information content (AvgIpc) is 2.45. The first kappa shape index (κ1) is 13.1. The highest BCUT2D eigenvalue weighted by Crippen LogP contribution is 2.24. The highest BCUT2D eigenvalue weighted by Gasteiger charge is 2.41. The van der Waals surface area contributed by atoms with Gasteiger partial charge in [0.2, 0.25) is 0 Å². The molecule has 2 aliphatic rings. The number of hydrogen-bond donors (Lipinski definition) is 1. The van der Waals surface area contributed by atoms with E-state index in [4.69, 9.17) is 4.74 Å². The van der Waals surface area contributed by atoms with E-state index >= 15 is 0 Å². The molecular weight excluding hydrogens is 256 g/mol. The van der Waals surface area contributed by atoms with E-state index in [1.54, 1.807) is 4.90 Å². The number of benzene rings is 1. The number of ether oxygens (including phenoxy) is 1. The van der Waals surface area contributed by atoms with Crippen molar-refractivity contribution in [1.82, 2.24) is 10.2 Å². The number of hydrogen-bond acceptors (Lipinski definition) is 4. The number of fused-ring (bicyclic) bond motifs is 2. The summed E-state index contributed by atoms with van der Waals surface area (Å²) in [4.78, 5) is 25.6. The predicted molar refractivity (Wildman–Crippen MR) is 73.2 cm³/mol. The highest BCUT2D eigenvalue weighted by molar-refractivity contribution is 5.83. The van der Waals surface area contributed by atoms with Gasteiger partial charge in [-0.05, 0) is 5.56 Å². The van der Waals surface area contributed by atoms with E-state index in [-0.39, 0.29) is 30.6 Å². The minimum atomic E-state index is -0.308. The van der Waals surface area contributed by atoms with Crippen molar-refractivity contribution >= 4 is 11.9 Å². The molecule has 20 heavy (non-hydrogen) atoms. The lowest BCUT2D eigenvalue weighted by atomic mass is 9.92. The van der Waals surface area contributed by atoms with Crippen LogP contribution < -0.4 is 5.32 Å². The van der Waals surface area contributed by atoms with Crippen molar-refractivity contribution < 1.29 is 14.3 Å². The molecule has 5 heteroatoms. The molecule has 106 valence electrons. The molecule has 3 rings (SSSR count). The van der Waals surface area contributed by atoms with Gasteiger partial charge in [-0.15, -0.1) is 0 Å². The van der Waals surface area contributed by atoms with Crippen molar-refractivity contribution in [2.45, 2.75) is 31.5 Å². The van der Waals surface area contributed by atoms with Crippen molar-refractivity contribution in [2.75, 3.05) is 13.1 Å². The second kappa shape index (κ2) is 5.63. The van der Waals surface area contributed by atoms with Crippen molar-refractivity contribution in [3.05, 3.63) is 35.9 Å². The first-order valence-electron chi connectivity index (χ1n) is 6.95. The van der Waals surface area contributed by atoms with E-state index in [2.05, 4.69) is 5.32 Å². The van der Waals surface area contributed by atoms with Gasteiger partial charge in [0.05, 0.1) is 12.1 Å². The van der Waals surface area contributed by atoms with E-state index < -0.39 is 0 Å². The van der Waals surface area contributed by atoms with Crippen molar-refractivity contribution in [1.29, 1.82) is 0 Å². The molecule has 1 aromatic rings. The number of carbonyl (C=O) groups excluding carboxylic acids is 2. The molecule has 2 atom stereocenters. The van der Waals surface area contributed by atoms with E-state index in [0.717, 1.165) is 5.56 Å². The van der Waals surface area contributed by atoms with Gasteiger partial charge in [0.25, 0.3) is 0 Å². The molecular formula is C15H18N2O3. The fourth-order valence-corrected chi connectivity index (χ4v) is 2.95. The van der Waals surface area contributed by atoms with Crippen LogP contribution in [-0.2, 0) is 16.1 Å².